The van der Waals surface area contributed by atoms with Crippen LogP contribution in [-0.2, 0) is 11.3 Å². The highest BCUT2D eigenvalue weighted by atomic mass is 79.9. The largest absolute Gasteiger partial charge is 0.503 e. The zero-order valence-corrected chi connectivity index (χ0v) is 22.1. The minimum atomic E-state index is -0.268. The highest BCUT2D eigenvalue weighted by molar-refractivity contribution is 9.10. The zero-order chi connectivity index (χ0) is 24.9. The van der Waals surface area contributed by atoms with Crippen LogP contribution in [0.4, 0.5) is 0 Å². The molecule has 0 atom stereocenters. The van der Waals surface area contributed by atoms with Gasteiger partial charge >= 0.3 is 0 Å². The molecule has 2 N–H and O–H groups in total. The number of thioether (sulfide) groups is 1. The maximum Gasteiger partial charge on any atom is 0.250 e. The van der Waals surface area contributed by atoms with Crippen LogP contribution in [0.2, 0.25) is 5.02 Å². The molecule has 180 valence electrons. The summed E-state index contributed by atoms with van der Waals surface area (Å²) in [4.78, 5) is 17.3. The van der Waals surface area contributed by atoms with Crippen LogP contribution in [0.3, 0.4) is 0 Å². The number of carbonyl (C=O) groups excluding carboxylic acids is 1. The standard InChI is InChI=1S/C25H22BrClN4O3S/c1-15(17-11-18(26)24(33)22(12-17)34-2)29-30-23(32)14-35-25-28-20-9-5-6-10-21(20)31(25)13-16-7-3-4-8-19(16)27/h3-12,33H,13-14H2,1-2H3,(H,30,32). The molecule has 0 aliphatic rings. The van der Waals surface area contributed by atoms with E-state index in [1.807, 2.05) is 48.5 Å². The molecule has 3 aromatic carbocycles. The van der Waals surface area contributed by atoms with Gasteiger partial charge in [0.1, 0.15) is 0 Å². The molecule has 10 heteroatoms. The van der Waals surface area contributed by atoms with E-state index < -0.39 is 0 Å². The van der Waals surface area contributed by atoms with Crippen molar-refractivity contribution >= 4 is 61.9 Å². The molecule has 0 bridgehead atoms. The summed E-state index contributed by atoms with van der Waals surface area (Å²) in [5, 5.41) is 15.6. The Balaban J connectivity index is 1.48. The minimum absolute atomic E-state index is 0.00386. The number of nitrogens with one attached hydrogen (secondary N) is 1. The number of hydrogen-bond donors (Lipinski definition) is 2. The molecule has 0 saturated heterocycles. The Bertz CT molecular complexity index is 1420. The Morgan fingerprint density at radius 2 is 1.97 bits per heavy atom. The fraction of sp³-hybridized carbons (Fsp3) is 0.160. The summed E-state index contributed by atoms with van der Waals surface area (Å²) in [5.74, 6) is 0.175. The fourth-order valence-electron chi connectivity index (χ4n) is 3.42. The SMILES string of the molecule is COc1cc(C(C)=NNC(=O)CSc2nc3ccccc3n2Cc2ccccc2Cl)cc(Br)c1O. The fourth-order valence-corrected chi connectivity index (χ4v) is 4.87. The van der Waals surface area contributed by atoms with Gasteiger partial charge in [-0.25, -0.2) is 10.4 Å². The van der Waals surface area contributed by atoms with Gasteiger partial charge in [-0.15, -0.1) is 0 Å². The van der Waals surface area contributed by atoms with E-state index >= 15 is 0 Å². The van der Waals surface area contributed by atoms with E-state index in [1.54, 1.807) is 19.1 Å². The monoisotopic (exact) mass is 572 g/mol. The highest BCUT2D eigenvalue weighted by Crippen LogP contribution is 2.35. The third-order valence-corrected chi connectivity index (χ3v) is 7.20. The summed E-state index contributed by atoms with van der Waals surface area (Å²) >= 11 is 11.0. The van der Waals surface area contributed by atoms with Crippen molar-refractivity contribution in [1.29, 1.82) is 0 Å². The van der Waals surface area contributed by atoms with Crippen molar-refractivity contribution in [2.24, 2.45) is 5.10 Å². The highest BCUT2D eigenvalue weighted by Gasteiger charge is 2.15. The van der Waals surface area contributed by atoms with Crippen molar-refractivity contribution in [2.45, 2.75) is 18.6 Å². The van der Waals surface area contributed by atoms with Crippen LogP contribution < -0.4 is 10.2 Å². The molecule has 1 amide bonds. The normalized spacial score (nSPS) is 11.6. The number of halogens is 2. The van der Waals surface area contributed by atoms with Crippen molar-refractivity contribution in [3.63, 3.8) is 0 Å². The molecule has 0 fully saturated rings. The molecule has 7 nitrogen and oxygen atoms in total. The molecule has 4 aromatic rings. The quantitative estimate of drug-likeness (QED) is 0.157. The molecule has 1 heterocycles. The van der Waals surface area contributed by atoms with Gasteiger partial charge in [0.05, 0.1) is 40.6 Å². The lowest BCUT2D eigenvalue weighted by Gasteiger charge is -2.10. The molecule has 0 unspecified atom stereocenters. The Kier molecular flexibility index (Phi) is 8.00. The minimum Gasteiger partial charge on any atom is -0.503 e. The second-order valence-corrected chi connectivity index (χ2v) is 9.79. The molecule has 0 spiro atoms. The molecular weight excluding hydrogens is 552 g/mol. The number of aromatic hydroxyl groups is 1. The van der Waals surface area contributed by atoms with Gasteiger partial charge in [-0.3, -0.25) is 4.79 Å². The van der Waals surface area contributed by atoms with Gasteiger partial charge in [-0.2, -0.15) is 5.10 Å². The van der Waals surface area contributed by atoms with E-state index in [2.05, 4.69) is 31.0 Å². The lowest BCUT2D eigenvalue weighted by Crippen LogP contribution is -2.21. The molecule has 0 aliphatic carbocycles. The summed E-state index contributed by atoms with van der Waals surface area (Å²) in [6.45, 7) is 2.30. The van der Waals surface area contributed by atoms with E-state index in [9.17, 15) is 9.90 Å². The van der Waals surface area contributed by atoms with Gasteiger partial charge < -0.3 is 14.4 Å². The van der Waals surface area contributed by atoms with Crippen LogP contribution in [0, 0.1) is 0 Å². The van der Waals surface area contributed by atoms with E-state index in [1.165, 1.54) is 18.9 Å². The number of benzene rings is 3. The number of imidazole rings is 1. The number of methoxy groups -OCH3 is 1. The first-order valence-corrected chi connectivity index (χ1v) is 12.7. The number of rotatable bonds is 8. The topological polar surface area (TPSA) is 88.7 Å². The third kappa shape index (κ3) is 5.80. The number of para-hydroxylation sites is 2. The number of ether oxygens (including phenoxy) is 1. The van der Waals surface area contributed by atoms with E-state index in [0.29, 0.717) is 38.2 Å². The van der Waals surface area contributed by atoms with Gasteiger partial charge in [0.15, 0.2) is 16.7 Å². The Morgan fingerprint density at radius 1 is 1.23 bits per heavy atom. The first kappa shape index (κ1) is 25.1. The lowest BCUT2D eigenvalue weighted by molar-refractivity contribution is -0.118. The Hall–Kier alpha value is -3.01. The van der Waals surface area contributed by atoms with Crippen LogP contribution in [0.15, 0.2) is 75.4 Å². The summed E-state index contributed by atoms with van der Waals surface area (Å²) < 4.78 is 7.70. The predicted molar refractivity (Wildman–Crippen MR) is 144 cm³/mol. The van der Waals surface area contributed by atoms with Gasteiger partial charge in [-0.05, 0) is 58.7 Å². The number of phenols is 1. The molecule has 1 aromatic heterocycles. The smallest absolute Gasteiger partial charge is 0.250 e. The summed E-state index contributed by atoms with van der Waals surface area (Å²) in [6, 6.07) is 18.9. The average molecular weight is 574 g/mol. The predicted octanol–water partition coefficient (Wildman–Crippen LogP) is 5.85. The number of nitrogens with zero attached hydrogens (tertiary/aromatic N) is 3. The average Bonchev–Trinajstić information content (AvgIpc) is 3.21. The maximum atomic E-state index is 12.6. The second-order valence-electron chi connectivity index (χ2n) is 7.59. The third-order valence-electron chi connectivity index (χ3n) is 5.25. The number of hydrogen-bond acceptors (Lipinski definition) is 6. The van der Waals surface area contributed by atoms with E-state index in [4.69, 9.17) is 21.3 Å². The van der Waals surface area contributed by atoms with Crippen LogP contribution in [-0.4, -0.2) is 39.1 Å². The molecule has 0 aliphatic heterocycles. The number of carbonyl (C=O) groups is 1. The first-order chi connectivity index (χ1) is 16.9. The number of hydrazone groups is 1. The number of amides is 1. The van der Waals surface area contributed by atoms with E-state index in [-0.39, 0.29) is 17.4 Å². The second kappa shape index (κ2) is 11.2. The van der Waals surface area contributed by atoms with Crippen molar-refractivity contribution in [2.75, 3.05) is 12.9 Å². The first-order valence-electron chi connectivity index (χ1n) is 10.6. The van der Waals surface area contributed by atoms with Crippen LogP contribution in [0.25, 0.3) is 11.0 Å². The molecule has 35 heavy (non-hydrogen) atoms. The van der Waals surface area contributed by atoms with Crippen LogP contribution in [0.1, 0.15) is 18.1 Å². The Morgan fingerprint density at radius 3 is 2.74 bits per heavy atom. The van der Waals surface area contributed by atoms with Gasteiger partial charge in [0.2, 0.25) is 0 Å². The van der Waals surface area contributed by atoms with Gasteiger partial charge in [0.25, 0.3) is 5.91 Å². The van der Waals surface area contributed by atoms with Crippen molar-refractivity contribution in [3.8, 4) is 11.5 Å². The summed E-state index contributed by atoms with van der Waals surface area (Å²) in [7, 11) is 1.47. The van der Waals surface area contributed by atoms with Crippen molar-refractivity contribution < 1.29 is 14.6 Å². The lowest BCUT2D eigenvalue weighted by atomic mass is 10.1. The van der Waals surface area contributed by atoms with E-state index in [0.717, 1.165) is 16.6 Å². The number of phenolic OH excluding ortho intramolecular Hbond substituents is 1. The van der Waals surface area contributed by atoms with Crippen molar-refractivity contribution in [3.05, 3.63) is 81.3 Å². The zero-order valence-electron chi connectivity index (χ0n) is 19.0. The van der Waals surface area contributed by atoms with Crippen molar-refractivity contribution in [1.82, 2.24) is 15.0 Å². The Labute approximate surface area is 220 Å². The molecule has 0 saturated carbocycles. The van der Waals surface area contributed by atoms with Crippen LogP contribution in [0.5, 0.6) is 11.5 Å². The molecule has 0 radical (unpaired) electrons. The number of fused-ring (bicyclic) bond motifs is 1. The van der Waals surface area contributed by atoms with Crippen LogP contribution >= 0.6 is 39.3 Å². The van der Waals surface area contributed by atoms with Gasteiger partial charge in [0, 0.05) is 10.6 Å². The summed E-state index contributed by atoms with van der Waals surface area (Å²) in [5.41, 5.74) is 6.64. The number of aromatic nitrogens is 2. The summed E-state index contributed by atoms with van der Waals surface area (Å²) in [6.07, 6.45) is 0. The maximum absolute atomic E-state index is 12.6. The molecular formula is C25H22BrClN4O3S. The molecule has 4 rings (SSSR count). The van der Waals surface area contributed by atoms with Gasteiger partial charge in [-0.1, -0.05) is 53.7 Å².